The molecule has 1 aliphatic rings. The SMILES string of the molecule is CCCC1=C[N+](CC)=NC1. The van der Waals surface area contributed by atoms with Gasteiger partial charge in [-0.15, -0.1) is 0 Å². The molecule has 0 bridgehead atoms. The third-order valence-corrected chi connectivity index (χ3v) is 1.68. The van der Waals surface area contributed by atoms with Crippen LogP contribution >= 0.6 is 0 Å². The van der Waals surface area contributed by atoms with Crippen molar-refractivity contribution in [3.8, 4) is 0 Å². The maximum absolute atomic E-state index is 4.29. The molecule has 2 heteroatoms. The van der Waals surface area contributed by atoms with Crippen molar-refractivity contribution in [3.05, 3.63) is 11.8 Å². The monoisotopic (exact) mass is 139 g/mol. The van der Waals surface area contributed by atoms with Crippen LogP contribution in [-0.2, 0) is 0 Å². The fourth-order valence-electron chi connectivity index (χ4n) is 1.13. The minimum absolute atomic E-state index is 0.932. The summed E-state index contributed by atoms with van der Waals surface area (Å²) in [4.78, 5) is 0. The molecule has 10 heavy (non-hydrogen) atoms. The molecule has 0 N–H and O–H groups in total. The summed E-state index contributed by atoms with van der Waals surface area (Å²) in [6.07, 6.45) is 4.61. The molecule has 0 unspecified atom stereocenters. The third kappa shape index (κ3) is 1.66. The molecule has 0 atom stereocenters. The highest BCUT2D eigenvalue weighted by atomic mass is 15.3. The topological polar surface area (TPSA) is 15.4 Å². The van der Waals surface area contributed by atoms with Crippen LogP contribution in [0.3, 0.4) is 0 Å². The van der Waals surface area contributed by atoms with Crippen molar-refractivity contribution < 1.29 is 4.70 Å². The average molecular weight is 139 g/mol. The van der Waals surface area contributed by atoms with Gasteiger partial charge in [-0.05, 0) is 18.5 Å². The first-order valence-electron chi connectivity index (χ1n) is 4.00. The highest BCUT2D eigenvalue weighted by Gasteiger charge is 2.11. The highest BCUT2D eigenvalue weighted by molar-refractivity contribution is 5.00. The quantitative estimate of drug-likeness (QED) is 0.532. The smallest absolute Gasteiger partial charge is 0.0959 e. The van der Waals surface area contributed by atoms with E-state index in [1.165, 1.54) is 18.4 Å². The predicted octanol–water partition coefficient (Wildman–Crippen LogP) is 2.17. The Labute approximate surface area is 62.3 Å². The van der Waals surface area contributed by atoms with E-state index >= 15 is 0 Å². The van der Waals surface area contributed by atoms with Crippen molar-refractivity contribution in [2.24, 2.45) is 5.11 Å². The molecule has 0 saturated heterocycles. The van der Waals surface area contributed by atoms with Crippen LogP contribution in [0.5, 0.6) is 0 Å². The van der Waals surface area contributed by atoms with E-state index in [1.807, 2.05) is 4.70 Å². The van der Waals surface area contributed by atoms with Gasteiger partial charge in [-0.3, -0.25) is 0 Å². The molecule has 0 saturated carbocycles. The standard InChI is InChI=1S/C8H15N2/c1-3-5-8-6-9-10(4-2)7-8/h7H,3-6H2,1-2H3/q+1. The van der Waals surface area contributed by atoms with Gasteiger partial charge in [0, 0.05) is 5.57 Å². The van der Waals surface area contributed by atoms with Crippen LogP contribution in [0.1, 0.15) is 26.7 Å². The summed E-state index contributed by atoms with van der Waals surface area (Å²) >= 11 is 0. The van der Waals surface area contributed by atoms with Gasteiger partial charge in [-0.25, -0.2) is 0 Å². The van der Waals surface area contributed by atoms with Gasteiger partial charge in [0.1, 0.15) is 6.54 Å². The molecule has 1 aliphatic heterocycles. The van der Waals surface area contributed by atoms with Gasteiger partial charge < -0.3 is 0 Å². The predicted molar refractivity (Wildman–Crippen MR) is 41.1 cm³/mol. The van der Waals surface area contributed by atoms with E-state index < -0.39 is 0 Å². The molecule has 2 nitrogen and oxygen atoms in total. The second-order valence-electron chi connectivity index (χ2n) is 2.59. The van der Waals surface area contributed by atoms with Crippen LogP contribution in [0, 0.1) is 0 Å². The third-order valence-electron chi connectivity index (χ3n) is 1.68. The summed E-state index contributed by atoms with van der Waals surface area (Å²) in [5.74, 6) is 0. The number of nitrogens with zero attached hydrogens (tertiary/aromatic N) is 2. The zero-order valence-corrected chi connectivity index (χ0v) is 6.80. The van der Waals surface area contributed by atoms with Gasteiger partial charge in [-0.1, -0.05) is 18.0 Å². The fraction of sp³-hybridized carbons (Fsp3) is 0.750. The number of azo groups is 2. The van der Waals surface area contributed by atoms with Crippen LogP contribution in [0.15, 0.2) is 16.9 Å². The number of hydrogen-bond donors (Lipinski definition) is 0. The first-order valence-corrected chi connectivity index (χ1v) is 4.00. The lowest BCUT2D eigenvalue weighted by Gasteiger charge is -1.87. The van der Waals surface area contributed by atoms with E-state index in [0.29, 0.717) is 0 Å². The van der Waals surface area contributed by atoms with Crippen LogP contribution in [0.2, 0.25) is 0 Å². The van der Waals surface area contributed by atoms with E-state index in [-0.39, 0.29) is 0 Å². The van der Waals surface area contributed by atoms with Crippen LogP contribution in [0.4, 0.5) is 0 Å². The minimum Gasteiger partial charge on any atom is -0.0959 e. The molecular weight excluding hydrogens is 124 g/mol. The Bertz CT molecular complexity index is 168. The van der Waals surface area contributed by atoms with E-state index in [9.17, 15) is 0 Å². The first-order chi connectivity index (χ1) is 4.86. The second kappa shape index (κ2) is 3.49. The molecule has 0 fully saturated rings. The lowest BCUT2D eigenvalue weighted by atomic mass is 10.2. The van der Waals surface area contributed by atoms with Crippen molar-refractivity contribution in [3.63, 3.8) is 0 Å². The van der Waals surface area contributed by atoms with Crippen molar-refractivity contribution in [1.29, 1.82) is 0 Å². The van der Waals surface area contributed by atoms with E-state index in [4.69, 9.17) is 0 Å². The van der Waals surface area contributed by atoms with Gasteiger partial charge in [0.05, 0.1) is 0 Å². The largest absolute Gasteiger partial charge is 0.197 e. The minimum atomic E-state index is 0.932. The van der Waals surface area contributed by atoms with Gasteiger partial charge in [-0.2, -0.15) is 0 Å². The molecule has 0 spiro atoms. The molecule has 0 amide bonds. The maximum atomic E-state index is 4.29. The molecule has 0 aliphatic carbocycles. The molecule has 0 aromatic rings. The van der Waals surface area contributed by atoms with Crippen LogP contribution < -0.4 is 0 Å². The zero-order chi connectivity index (χ0) is 7.40. The Morgan fingerprint density at radius 3 is 2.90 bits per heavy atom. The molecule has 56 valence electrons. The van der Waals surface area contributed by atoms with Crippen molar-refractivity contribution >= 4 is 0 Å². The lowest BCUT2D eigenvalue weighted by molar-refractivity contribution is -0.519. The summed E-state index contributed by atoms with van der Waals surface area (Å²) in [5.41, 5.74) is 1.48. The zero-order valence-electron chi connectivity index (χ0n) is 6.80. The number of hydrogen-bond acceptors (Lipinski definition) is 1. The van der Waals surface area contributed by atoms with Crippen molar-refractivity contribution in [2.45, 2.75) is 26.7 Å². The van der Waals surface area contributed by atoms with Crippen molar-refractivity contribution in [2.75, 3.05) is 13.1 Å². The first kappa shape index (κ1) is 7.45. The lowest BCUT2D eigenvalue weighted by Crippen LogP contribution is -1.94. The Morgan fingerprint density at radius 2 is 2.40 bits per heavy atom. The molecule has 1 rings (SSSR count). The van der Waals surface area contributed by atoms with Crippen LogP contribution in [0.25, 0.3) is 0 Å². The normalized spacial score (nSPS) is 17.0. The van der Waals surface area contributed by atoms with Crippen molar-refractivity contribution in [1.82, 2.24) is 0 Å². The molecule has 1 heterocycles. The summed E-state index contributed by atoms with van der Waals surface area (Å²) in [6.45, 7) is 6.26. The maximum Gasteiger partial charge on any atom is 0.197 e. The van der Waals surface area contributed by atoms with Gasteiger partial charge in [0.15, 0.2) is 12.7 Å². The molecule has 0 radical (unpaired) electrons. The molecule has 0 aromatic heterocycles. The van der Waals surface area contributed by atoms with Gasteiger partial charge >= 0.3 is 0 Å². The summed E-state index contributed by atoms with van der Waals surface area (Å²) < 4.78 is 2.02. The van der Waals surface area contributed by atoms with E-state index in [1.54, 1.807) is 0 Å². The molecular formula is C8H15N2+. The summed E-state index contributed by atoms with van der Waals surface area (Å²) in [6, 6.07) is 0. The Balaban J connectivity index is 2.41. The fourth-order valence-corrected chi connectivity index (χ4v) is 1.13. The second-order valence-corrected chi connectivity index (χ2v) is 2.59. The highest BCUT2D eigenvalue weighted by Crippen LogP contribution is 2.10. The van der Waals surface area contributed by atoms with E-state index in [0.717, 1.165) is 13.1 Å². The summed E-state index contributed by atoms with van der Waals surface area (Å²) in [5, 5.41) is 4.29. The Morgan fingerprint density at radius 1 is 1.60 bits per heavy atom. The van der Waals surface area contributed by atoms with Gasteiger partial charge in [0.2, 0.25) is 0 Å². The van der Waals surface area contributed by atoms with Crippen LogP contribution in [-0.4, -0.2) is 17.8 Å². The van der Waals surface area contributed by atoms with E-state index in [2.05, 4.69) is 25.2 Å². The average Bonchev–Trinajstić information content (AvgIpc) is 2.37. The Kier molecular flexibility index (Phi) is 2.60. The molecule has 0 aromatic carbocycles. The summed E-state index contributed by atoms with van der Waals surface area (Å²) in [7, 11) is 0. The Hall–Kier alpha value is -0.660. The number of rotatable bonds is 3. The van der Waals surface area contributed by atoms with Gasteiger partial charge in [0.25, 0.3) is 0 Å².